The van der Waals surface area contributed by atoms with Gasteiger partial charge in [0.2, 0.25) is 5.91 Å². The van der Waals surface area contributed by atoms with E-state index < -0.39 is 6.10 Å². The van der Waals surface area contributed by atoms with Crippen LogP contribution in [0.4, 0.5) is 11.4 Å². The molecule has 0 saturated carbocycles. The molecule has 0 radical (unpaired) electrons. The number of benzene rings is 3. The molecule has 3 aromatic rings. The van der Waals surface area contributed by atoms with Gasteiger partial charge in [0.15, 0.2) is 5.78 Å². The van der Waals surface area contributed by atoms with E-state index in [-0.39, 0.29) is 24.8 Å². The van der Waals surface area contributed by atoms with Crippen molar-refractivity contribution in [3.63, 3.8) is 0 Å². The average Bonchev–Trinajstić information content (AvgIpc) is 2.77. The summed E-state index contributed by atoms with van der Waals surface area (Å²) in [4.78, 5) is 23.8. The molecule has 0 spiro atoms. The van der Waals surface area contributed by atoms with Gasteiger partial charge in [-0.3, -0.25) is 9.59 Å². The second-order valence-corrected chi connectivity index (χ2v) is 6.79. The van der Waals surface area contributed by atoms with Crippen molar-refractivity contribution < 1.29 is 19.4 Å². The first-order valence-corrected chi connectivity index (χ1v) is 9.64. The largest absolute Gasteiger partial charge is 0.491 e. The monoisotopic (exact) mass is 404 g/mol. The van der Waals surface area contributed by atoms with Gasteiger partial charge in [0, 0.05) is 36.0 Å². The van der Waals surface area contributed by atoms with Crippen molar-refractivity contribution in [2.24, 2.45) is 0 Å². The van der Waals surface area contributed by atoms with E-state index in [1.165, 1.54) is 6.92 Å². The Hall–Kier alpha value is -3.64. The summed E-state index contributed by atoms with van der Waals surface area (Å²) in [6.45, 7) is 1.75. The molecule has 0 saturated heterocycles. The highest BCUT2D eigenvalue weighted by molar-refractivity contribution is 6.12. The van der Waals surface area contributed by atoms with Crippen molar-refractivity contribution in [3.05, 3.63) is 90.0 Å². The van der Waals surface area contributed by atoms with Crippen LogP contribution in [0.2, 0.25) is 0 Å². The van der Waals surface area contributed by atoms with E-state index in [1.54, 1.807) is 42.5 Å². The fraction of sp³-hybridized carbons (Fsp3) is 0.167. The maximum Gasteiger partial charge on any atom is 0.221 e. The molecule has 1 amide bonds. The predicted octanol–water partition coefficient (Wildman–Crippen LogP) is 3.73. The van der Waals surface area contributed by atoms with Gasteiger partial charge in [-0.05, 0) is 36.4 Å². The molecular formula is C24H24N2O4. The van der Waals surface area contributed by atoms with Crippen LogP contribution in [0.25, 0.3) is 0 Å². The standard InChI is InChI=1S/C24H24N2O4/c1-17(27)26-19-11-13-21(14-12-19)30-16-20(28)15-25-23-10-6-5-9-22(23)24(29)18-7-3-2-4-8-18/h2-14,20,25,28H,15-16H2,1H3,(H,26,27)/t20-/m0/s1. The maximum absolute atomic E-state index is 12.8. The number of aliphatic hydroxyl groups is 1. The highest BCUT2D eigenvalue weighted by Gasteiger charge is 2.14. The third kappa shape index (κ3) is 5.93. The molecule has 3 aromatic carbocycles. The number of hydrogen-bond donors (Lipinski definition) is 3. The molecule has 0 heterocycles. The fourth-order valence-corrected chi connectivity index (χ4v) is 2.90. The lowest BCUT2D eigenvalue weighted by atomic mass is 10.0. The van der Waals surface area contributed by atoms with Crippen molar-refractivity contribution in [1.82, 2.24) is 0 Å². The highest BCUT2D eigenvalue weighted by atomic mass is 16.5. The SMILES string of the molecule is CC(=O)Nc1ccc(OC[C@@H](O)CNc2ccccc2C(=O)c2ccccc2)cc1. The second-order valence-electron chi connectivity index (χ2n) is 6.79. The molecule has 0 aliphatic heterocycles. The van der Waals surface area contributed by atoms with Gasteiger partial charge in [-0.25, -0.2) is 0 Å². The minimum Gasteiger partial charge on any atom is -0.491 e. The molecule has 1 atom stereocenters. The summed E-state index contributed by atoms with van der Waals surface area (Å²) in [6, 6.07) is 23.2. The summed E-state index contributed by atoms with van der Waals surface area (Å²) in [7, 11) is 0. The van der Waals surface area contributed by atoms with Crippen LogP contribution < -0.4 is 15.4 Å². The van der Waals surface area contributed by atoms with Crippen LogP contribution in [0.5, 0.6) is 5.75 Å². The Morgan fingerprint density at radius 2 is 1.60 bits per heavy atom. The third-order valence-electron chi connectivity index (χ3n) is 4.35. The normalized spacial score (nSPS) is 11.4. The molecule has 0 bridgehead atoms. The summed E-state index contributed by atoms with van der Waals surface area (Å²) in [5, 5.41) is 16.1. The third-order valence-corrected chi connectivity index (χ3v) is 4.35. The number of carbonyl (C=O) groups is 2. The number of aliphatic hydroxyl groups excluding tert-OH is 1. The summed E-state index contributed by atoms with van der Waals surface area (Å²) in [6.07, 6.45) is -0.778. The lowest BCUT2D eigenvalue weighted by Gasteiger charge is -2.16. The van der Waals surface area contributed by atoms with Crippen molar-refractivity contribution >= 4 is 23.1 Å². The second kappa shape index (κ2) is 10.2. The Morgan fingerprint density at radius 3 is 2.30 bits per heavy atom. The highest BCUT2D eigenvalue weighted by Crippen LogP contribution is 2.20. The van der Waals surface area contributed by atoms with E-state index in [0.29, 0.717) is 28.3 Å². The van der Waals surface area contributed by atoms with Crippen molar-refractivity contribution in [3.8, 4) is 5.75 Å². The molecule has 6 heteroatoms. The number of anilines is 2. The Bertz CT molecular complexity index is 988. The first-order chi connectivity index (χ1) is 14.5. The van der Waals surface area contributed by atoms with Gasteiger partial charge < -0.3 is 20.5 Å². The van der Waals surface area contributed by atoms with E-state index >= 15 is 0 Å². The zero-order valence-corrected chi connectivity index (χ0v) is 16.7. The number of ketones is 1. The Labute approximate surface area is 175 Å². The molecule has 0 aliphatic carbocycles. The molecule has 0 fully saturated rings. The van der Waals surface area contributed by atoms with Gasteiger partial charge in [-0.15, -0.1) is 0 Å². The van der Waals surface area contributed by atoms with Crippen LogP contribution in [0.1, 0.15) is 22.8 Å². The lowest BCUT2D eigenvalue weighted by molar-refractivity contribution is -0.114. The first kappa shape index (κ1) is 21.1. The minimum atomic E-state index is -0.778. The van der Waals surface area contributed by atoms with Crippen LogP contribution in [-0.4, -0.2) is 36.1 Å². The van der Waals surface area contributed by atoms with Crippen LogP contribution in [0.3, 0.4) is 0 Å². The Morgan fingerprint density at radius 1 is 0.933 bits per heavy atom. The van der Waals surface area contributed by atoms with E-state index in [0.717, 1.165) is 0 Å². The van der Waals surface area contributed by atoms with Gasteiger partial charge in [0.1, 0.15) is 18.5 Å². The summed E-state index contributed by atoms with van der Waals surface area (Å²) in [5.74, 6) is 0.364. The van der Waals surface area contributed by atoms with Crippen LogP contribution >= 0.6 is 0 Å². The zero-order chi connectivity index (χ0) is 21.3. The van der Waals surface area contributed by atoms with Crippen LogP contribution in [0.15, 0.2) is 78.9 Å². The van der Waals surface area contributed by atoms with E-state index in [4.69, 9.17) is 4.74 Å². The Balaban J connectivity index is 1.54. The zero-order valence-electron chi connectivity index (χ0n) is 16.7. The molecule has 30 heavy (non-hydrogen) atoms. The van der Waals surface area contributed by atoms with Gasteiger partial charge in [-0.1, -0.05) is 42.5 Å². The molecule has 0 unspecified atom stereocenters. The van der Waals surface area contributed by atoms with E-state index in [9.17, 15) is 14.7 Å². The summed E-state index contributed by atoms with van der Waals surface area (Å²) >= 11 is 0. The van der Waals surface area contributed by atoms with Crippen molar-refractivity contribution in [2.75, 3.05) is 23.8 Å². The number of ether oxygens (including phenoxy) is 1. The number of nitrogens with one attached hydrogen (secondary N) is 2. The molecule has 0 aromatic heterocycles. The number of carbonyl (C=O) groups excluding carboxylic acids is 2. The molecule has 3 rings (SSSR count). The van der Waals surface area contributed by atoms with Gasteiger partial charge in [-0.2, -0.15) is 0 Å². The topological polar surface area (TPSA) is 87.7 Å². The quantitative estimate of drug-likeness (QED) is 0.473. The maximum atomic E-state index is 12.8. The summed E-state index contributed by atoms with van der Waals surface area (Å²) < 4.78 is 5.59. The molecule has 6 nitrogen and oxygen atoms in total. The lowest BCUT2D eigenvalue weighted by Crippen LogP contribution is -2.27. The number of hydrogen-bond acceptors (Lipinski definition) is 5. The predicted molar refractivity (Wildman–Crippen MR) is 117 cm³/mol. The smallest absolute Gasteiger partial charge is 0.221 e. The van der Waals surface area contributed by atoms with Crippen molar-refractivity contribution in [1.29, 1.82) is 0 Å². The molecule has 154 valence electrons. The first-order valence-electron chi connectivity index (χ1n) is 9.64. The van der Waals surface area contributed by atoms with Gasteiger partial charge >= 0.3 is 0 Å². The van der Waals surface area contributed by atoms with Crippen LogP contribution in [-0.2, 0) is 4.79 Å². The van der Waals surface area contributed by atoms with Gasteiger partial charge in [0.25, 0.3) is 0 Å². The molecule has 3 N–H and O–H groups in total. The van der Waals surface area contributed by atoms with Gasteiger partial charge in [0.05, 0.1) is 0 Å². The van der Waals surface area contributed by atoms with E-state index in [1.807, 2.05) is 36.4 Å². The number of para-hydroxylation sites is 1. The average molecular weight is 404 g/mol. The summed E-state index contributed by atoms with van der Waals surface area (Å²) in [5.41, 5.74) is 2.49. The number of rotatable bonds is 9. The van der Waals surface area contributed by atoms with E-state index in [2.05, 4.69) is 10.6 Å². The molecule has 0 aliphatic rings. The molecular weight excluding hydrogens is 380 g/mol. The van der Waals surface area contributed by atoms with Crippen molar-refractivity contribution in [2.45, 2.75) is 13.0 Å². The van der Waals surface area contributed by atoms with Crippen LogP contribution in [0, 0.1) is 0 Å². The minimum absolute atomic E-state index is 0.0799. The Kier molecular flexibility index (Phi) is 7.19. The number of amides is 1. The fourth-order valence-electron chi connectivity index (χ4n) is 2.90.